The van der Waals surface area contributed by atoms with E-state index in [1.54, 1.807) is 28.8 Å². The van der Waals surface area contributed by atoms with Crippen molar-refractivity contribution in [2.24, 2.45) is 24.3 Å². The van der Waals surface area contributed by atoms with Crippen molar-refractivity contribution in [3.8, 4) is 28.1 Å². The molecule has 3 N–H and O–H groups in total. The lowest BCUT2D eigenvalue weighted by atomic mass is 9.84. The van der Waals surface area contributed by atoms with Crippen LogP contribution < -0.4 is 10.7 Å². The molecule has 0 unspecified atom stereocenters. The van der Waals surface area contributed by atoms with Gasteiger partial charge >= 0.3 is 5.97 Å². The molecule has 62 heavy (non-hydrogen) atoms. The zero-order chi connectivity index (χ0) is 44.6. The second-order valence-electron chi connectivity index (χ2n) is 18.2. The Morgan fingerprint density at radius 1 is 1.10 bits per heavy atom. The van der Waals surface area contributed by atoms with E-state index in [2.05, 4.69) is 59.9 Å². The number of aromatic nitrogens is 3. The number of aryl methyl sites for hydroxylation is 2. The maximum atomic E-state index is 14.6. The Balaban J connectivity index is 1.28. The van der Waals surface area contributed by atoms with Gasteiger partial charge < -0.3 is 29.5 Å². The molecule has 2 saturated heterocycles. The van der Waals surface area contributed by atoms with E-state index in [0.717, 1.165) is 38.9 Å². The Labute approximate surface area is 363 Å². The third-order valence-corrected chi connectivity index (χ3v) is 12.5. The fourth-order valence-electron chi connectivity index (χ4n) is 9.48. The van der Waals surface area contributed by atoms with Crippen LogP contribution in [0.4, 0.5) is 0 Å². The monoisotopic (exact) mass is 848 g/mol. The molecule has 2 aromatic heterocycles. The van der Waals surface area contributed by atoms with Gasteiger partial charge in [-0.3, -0.25) is 33.7 Å². The van der Waals surface area contributed by atoms with Gasteiger partial charge in [0.25, 0.3) is 5.91 Å². The molecule has 6 bridgehead atoms. The summed E-state index contributed by atoms with van der Waals surface area (Å²) in [6.45, 7) is 15.3. The minimum absolute atomic E-state index is 0.00195. The molecule has 2 fully saturated rings. The number of hydrogen-bond donors (Lipinski definition) is 3. The van der Waals surface area contributed by atoms with Gasteiger partial charge in [0, 0.05) is 74.8 Å². The smallest absolute Gasteiger partial charge is 0.324 e. The van der Waals surface area contributed by atoms with Crippen LogP contribution in [0.3, 0.4) is 0 Å². The molecule has 0 radical (unpaired) electrons. The van der Waals surface area contributed by atoms with Crippen molar-refractivity contribution in [3.63, 3.8) is 0 Å². The number of phenolic OH excluding ortho intramolecular Hbond substituents is 1. The Hall–Kier alpha value is -5.96. The number of carbonyl (C=O) groups is 5. The van der Waals surface area contributed by atoms with Gasteiger partial charge in [0.15, 0.2) is 0 Å². The van der Waals surface area contributed by atoms with Crippen LogP contribution in [-0.2, 0) is 55.1 Å². The van der Waals surface area contributed by atoms with Gasteiger partial charge in [0.05, 0.1) is 24.4 Å². The van der Waals surface area contributed by atoms with Crippen molar-refractivity contribution < 1.29 is 33.8 Å². The Bertz CT molecular complexity index is 2400. The topological polar surface area (TPSA) is 171 Å². The second kappa shape index (κ2) is 17.8. The molecule has 5 heterocycles. The number of benzene rings is 2. The minimum atomic E-state index is -1.15. The molecule has 3 aliphatic rings. The molecule has 4 atom stereocenters. The van der Waals surface area contributed by atoms with Crippen molar-refractivity contribution in [1.82, 2.24) is 39.9 Å². The molecule has 0 aliphatic carbocycles. The fraction of sp³-hybridized carbons (Fsp3) is 0.489. The van der Waals surface area contributed by atoms with E-state index >= 15 is 0 Å². The highest BCUT2D eigenvalue weighted by molar-refractivity contribution is 5.96. The maximum Gasteiger partial charge on any atom is 0.324 e. The summed E-state index contributed by atoms with van der Waals surface area (Å²) in [6, 6.07) is 8.55. The number of hydrazine groups is 1. The summed E-state index contributed by atoms with van der Waals surface area (Å²) in [5.41, 5.74) is 8.93. The standard InChI is InChI=1S/C47H60N8O7/c1-9-40(57)53-17-15-31(26-53)44(59)52(8)41(28(3)4)43(58)49-38-20-29-18-32(21-34(56)19-29)30-13-14-39-35(22-30)36(42(54(39)10-2)33-24-48-51(7)25-33)23-47(5,6)27-62-46(61)37-12-11-16-55(50-37)45(38)60/h9,13-14,18-19,21-22,24-25,28,31,37-38,41,50,56H,1,10-12,15-17,20,23,26-27H2,2-8H3,(H,49,58)/t31-,37+,38+,41+/m1/s1. The summed E-state index contributed by atoms with van der Waals surface area (Å²) in [4.78, 5) is 72.0. The van der Waals surface area contributed by atoms with Gasteiger partial charge in [0.2, 0.25) is 17.7 Å². The van der Waals surface area contributed by atoms with Crippen LogP contribution >= 0.6 is 0 Å². The number of aromatic hydroxyl groups is 1. The molecule has 3 aliphatic heterocycles. The van der Waals surface area contributed by atoms with Crippen molar-refractivity contribution in [3.05, 3.63) is 72.6 Å². The van der Waals surface area contributed by atoms with Crippen molar-refractivity contribution in [2.75, 3.05) is 33.3 Å². The number of ether oxygens (including phenoxy) is 1. The van der Waals surface area contributed by atoms with Crippen LogP contribution in [0.2, 0.25) is 0 Å². The molecule has 15 nitrogen and oxygen atoms in total. The number of amides is 4. The number of likely N-dealkylation sites (tertiary alicyclic amines) is 1. The molecule has 330 valence electrons. The van der Waals surface area contributed by atoms with E-state index in [1.165, 1.54) is 16.0 Å². The van der Waals surface area contributed by atoms with Gasteiger partial charge in [-0.05, 0) is 91.1 Å². The molecule has 0 saturated carbocycles. The second-order valence-corrected chi connectivity index (χ2v) is 18.2. The Kier molecular flexibility index (Phi) is 12.7. The lowest BCUT2D eigenvalue weighted by Gasteiger charge is -2.37. The molecule has 0 spiro atoms. The maximum absolute atomic E-state index is 14.6. The summed E-state index contributed by atoms with van der Waals surface area (Å²) in [7, 11) is 3.47. The number of nitrogens with one attached hydrogen (secondary N) is 2. The highest BCUT2D eigenvalue weighted by Crippen LogP contribution is 2.40. The van der Waals surface area contributed by atoms with Gasteiger partial charge in [-0.15, -0.1) is 0 Å². The first-order valence-electron chi connectivity index (χ1n) is 21.7. The predicted molar refractivity (Wildman–Crippen MR) is 235 cm³/mol. The predicted octanol–water partition coefficient (Wildman–Crippen LogP) is 4.60. The van der Waals surface area contributed by atoms with Crippen LogP contribution in [0.5, 0.6) is 5.75 Å². The molecular weight excluding hydrogens is 789 g/mol. The van der Waals surface area contributed by atoms with Crippen LogP contribution in [0.25, 0.3) is 33.3 Å². The van der Waals surface area contributed by atoms with Gasteiger partial charge in [-0.1, -0.05) is 46.4 Å². The number of likely N-dealkylation sites (N-methyl/N-ethyl adjacent to an activating group) is 1. The summed E-state index contributed by atoms with van der Waals surface area (Å²) >= 11 is 0. The first-order chi connectivity index (χ1) is 29.5. The number of nitrogens with zero attached hydrogens (tertiary/aromatic N) is 6. The van der Waals surface area contributed by atoms with E-state index in [1.807, 2.05) is 45.4 Å². The van der Waals surface area contributed by atoms with Crippen molar-refractivity contribution >= 4 is 40.5 Å². The zero-order valence-electron chi connectivity index (χ0n) is 36.9. The lowest BCUT2D eigenvalue weighted by molar-refractivity contribution is -0.155. The van der Waals surface area contributed by atoms with E-state index in [0.29, 0.717) is 44.3 Å². The quantitative estimate of drug-likeness (QED) is 0.169. The largest absolute Gasteiger partial charge is 0.508 e. The van der Waals surface area contributed by atoms with Gasteiger partial charge in [-0.2, -0.15) is 5.10 Å². The Morgan fingerprint density at radius 3 is 2.56 bits per heavy atom. The van der Waals surface area contributed by atoms with Crippen LogP contribution in [0, 0.1) is 17.3 Å². The molecule has 15 heteroatoms. The van der Waals surface area contributed by atoms with Crippen LogP contribution in [0.1, 0.15) is 65.0 Å². The van der Waals surface area contributed by atoms with Gasteiger partial charge in [-0.25, -0.2) is 5.43 Å². The first-order valence-corrected chi connectivity index (χ1v) is 21.7. The van der Waals surface area contributed by atoms with E-state index in [-0.39, 0.29) is 49.6 Å². The average Bonchev–Trinajstić information content (AvgIpc) is 3.98. The number of esters is 1. The number of phenols is 1. The first kappa shape index (κ1) is 44.1. The van der Waals surface area contributed by atoms with E-state index in [9.17, 15) is 29.1 Å². The summed E-state index contributed by atoms with van der Waals surface area (Å²) in [5, 5.41) is 21.1. The third kappa shape index (κ3) is 8.99. The van der Waals surface area contributed by atoms with Crippen LogP contribution in [0.15, 0.2) is 61.4 Å². The number of rotatable bonds is 8. The summed E-state index contributed by atoms with van der Waals surface area (Å²) in [5.74, 6) is -2.80. The third-order valence-electron chi connectivity index (χ3n) is 12.5. The number of hydrogen-bond acceptors (Lipinski definition) is 9. The Morgan fingerprint density at radius 2 is 1.87 bits per heavy atom. The number of fused-ring (bicyclic) bond motifs is 6. The average molecular weight is 849 g/mol. The van der Waals surface area contributed by atoms with Crippen molar-refractivity contribution in [2.45, 2.75) is 91.4 Å². The molecule has 2 aromatic carbocycles. The lowest BCUT2D eigenvalue weighted by Crippen LogP contribution is -2.62. The summed E-state index contributed by atoms with van der Waals surface area (Å²) < 4.78 is 10.1. The highest BCUT2D eigenvalue weighted by atomic mass is 16.5. The number of carbonyl (C=O) groups excluding carboxylic acids is 5. The summed E-state index contributed by atoms with van der Waals surface area (Å²) in [6.07, 6.45) is 7.11. The molecule has 7 rings (SSSR count). The van der Waals surface area contributed by atoms with Crippen LogP contribution in [-0.4, -0.2) is 115 Å². The molecular formula is C47H60N8O7. The van der Waals surface area contributed by atoms with E-state index in [4.69, 9.17) is 4.74 Å². The van der Waals surface area contributed by atoms with Gasteiger partial charge in [0.1, 0.15) is 23.9 Å². The molecule has 4 aromatic rings. The SMILES string of the molecule is C=CC(=O)N1CC[C@@H](C(=O)N(C)[C@H](C(=O)N[C@H]2Cc3cc(O)cc(c3)-c3ccc4c(c3)c(c(-c3cnn(C)c3)n4CC)CC(C)(C)COC(=O)[C@@H]3CCCN(N3)C2=O)C(C)C)C1. The highest BCUT2D eigenvalue weighted by Gasteiger charge is 2.40. The normalized spacial score (nSPS) is 21.1. The minimum Gasteiger partial charge on any atom is -0.508 e. The van der Waals surface area contributed by atoms with Crippen molar-refractivity contribution in [1.29, 1.82) is 0 Å². The molecule has 4 amide bonds. The van der Waals surface area contributed by atoms with E-state index < -0.39 is 47.2 Å². The fourth-order valence-corrected chi connectivity index (χ4v) is 9.48. The zero-order valence-corrected chi connectivity index (χ0v) is 36.9. The number of cyclic esters (lactones) is 1.